The molecular weight excluding hydrogens is 372 g/mol. The molecule has 9 heteroatoms. The van der Waals surface area contributed by atoms with E-state index >= 15 is 0 Å². The summed E-state index contributed by atoms with van der Waals surface area (Å²) in [5.41, 5.74) is 1.94. The number of piperidine rings is 1. The van der Waals surface area contributed by atoms with Gasteiger partial charge in [-0.15, -0.1) is 11.3 Å². The van der Waals surface area contributed by atoms with Crippen LogP contribution in [-0.4, -0.2) is 54.5 Å². The van der Waals surface area contributed by atoms with Crippen LogP contribution >= 0.6 is 11.3 Å². The van der Waals surface area contributed by atoms with Gasteiger partial charge < -0.3 is 5.32 Å². The fraction of sp³-hybridized carbons (Fsp3) is 0.471. The maximum absolute atomic E-state index is 12.3. The molecule has 0 atom stereocenters. The van der Waals surface area contributed by atoms with E-state index in [-0.39, 0.29) is 11.8 Å². The van der Waals surface area contributed by atoms with Crippen LogP contribution in [0, 0.1) is 5.92 Å². The number of rotatable bonds is 6. The zero-order chi connectivity index (χ0) is 18.6. The summed E-state index contributed by atoms with van der Waals surface area (Å²) < 4.78 is 24.5. The molecule has 0 aliphatic carbocycles. The summed E-state index contributed by atoms with van der Waals surface area (Å²) in [6.45, 7) is 1.36. The van der Waals surface area contributed by atoms with E-state index in [0.29, 0.717) is 38.9 Å². The molecule has 0 aromatic carbocycles. The number of hydrogen-bond donors (Lipinski definition) is 1. The molecule has 2 aromatic rings. The molecule has 1 N–H and O–H groups in total. The predicted octanol–water partition coefficient (Wildman–Crippen LogP) is 1.54. The number of carbonyl (C=O) groups is 1. The van der Waals surface area contributed by atoms with E-state index in [1.54, 1.807) is 23.7 Å². The SMILES string of the molecule is CS(=O)(=O)N1CCC(C(=O)NCCc2csc(-c3cccnc3)n2)CC1. The highest BCUT2D eigenvalue weighted by atomic mass is 32.2. The van der Waals surface area contributed by atoms with Gasteiger partial charge in [-0.1, -0.05) is 0 Å². The Balaban J connectivity index is 1.44. The summed E-state index contributed by atoms with van der Waals surface area (Å²) in [7, 11) is -3.16. The molecule has 1 saturated heterocycles. The first kappa shape index (κ1) is 18.9. The second-order valence-electron chi connectivity index (χ2n) is 6.36. The summed E-state index contributed by atoms with van der Waals surface area (Å²) in [4.78, 5) is 20.9. The lowest BCUT2D eigenvalue weighted by atomic mass is 9.97. The van der Waals surface area contributed by atoms with E-state index < -0.39 is 10.0 Å². The first-order valence-electron chi connectivity index (χ1n) is 8.51. The largest absolute Gasteiger partial charge is 0.355 e. The van der Waals surface area contributed by atoms with Crippen molar-refractivity contribution in [2.24, 2.45) is 5.92 Å². The van der Waals surface area contributed by atoms with Crippen LogP contribution in [0.15, 0.2) is 29.9 Å². The van der Waals surface area contributed by atoms with E-state index in [9.17, 15) is 13.2 Å². The van der Waals surface area contributed by atoms with Gasteiger partial charge in [0.15, 0.2) is 0 Å². The molecule has 0 spiro atoms. The van der Waals surface area contributed by atoms with Gasteiger partial charge >= 0.3 is 0 Å². The number of nitrogens with zero attached hydrogens (tertiary/aromatic N) is 3. The zero-order valence-electron chi connectivity index (χ0n) is 14.6. The maximum Gasteiger partial charge on any atom is 0.223 e. The van der Waals surface area contributed by atoms with Crippen molar-refractivity contribution in [1.29, 1.82) is 0 Å². The van der Waals surface area contributed by atoms with Crippen molar-refractivity contribution in [2.75, 3.05) is 25.9 Å². The monoisotopic (exact) mass is 394 g/mol. The van der Waals surface area contributed by atoms with Crippen molar-refractivity contribution in [3.8, 4) is 10.6 Å². The minimum atomic E-state index is -3.16. The van der Waals surface area contributed by atoms with Crippen LogP contribution in [0.3, 0.4) is 0 Å². The maximum atomic E-state index is 12.3. The Hall–Kier alpha value is -1.84. The molecule has 140 valence electrons. The van der Waals surface area contributed by atoms with Gasteiger partial charge in [-0.3, -0.25) is 9.78 Å². The molecule has 3 heterocycles. The van der Waals surface area contributed by atoms with E-state index in [2.05, 4.69) is 15.3 Å². The fourth-order valence-corrected chi connectivity index (χ4v) is 4.67. The van der Waals surface area contributed by atoms with Gasteiger partial charge in [0.05, 0.1) is 11.9 Å². The van der Waals surface area contributed by atoms with Gasteiger partial charge in [-0.2, -0.15) is 0 Å². The molecule has 1 fully saturated rings. The lowest BCUT2D eigenvalue weighted by Crippen LogP contribution is -2.42. The van der Waals surface area contributed by atoms with E-state index in [4.69, 9.17) is 0 Å². The molecule has 0 saturated carbocycles. The highest BCUT2D eigenvalue weighted by Gasteiger charge is 2.28. The third-order valence-corrected chi connectivity index (χ3v) is 6.68. The second-order valence-corrected chi connectivity index (χ2v) is 9.20. The normalized spacial score (nSPS) is 16.5. The molecule has 3 rings (SSSR count). The van der Waals surface area contributed by atoms with Gasteiger partial charge in [0.2, 0.25) is 15.9 Å². The highest BCUT2D eigenvalue weighted by molar-refractivity contribution is 7.88. The molecular formula is C17H22N4O3S2. The van der Waals surface area contributed by atoms with Crippen molar-refractivity contribution in [3.05, 3.63) is 35.6 Å². The lowest BCUT2D eigenvalue weighted by Gasteiger charge is -2.29. The Kier molecular flexibility index (Phi) is 6.00. The number of sulfonamides is 1. The topological polar surface area (TPSA) is 92.3 Å². The Morgan fingerprint density at radius 1 is 1.38 bits per heavy atom. The van der Waals surface area contributed by atoms with Crippen molar-refractivity contribution in [1.82, 2.24) is 19.6 Å². The zero-order valence-corrected chi connectivity index (χ0v) is 16.2. The number of aromatic nitrogens is 2. The summed E-state index contributed by atoms with van der Waals surface area (Å²) in [5, 5.41) is 5.87. The van der Waals surface area contributed by atoms with Crippen molar-refractivity contribution >= 4 is 27.3 Å². The average Bonchev–Trinajstić information content (AvgIpc) is 3.11. The molecule has 0 radical (unpaired) electrons. The van der Waals surface area contributed by atoms with Crippen molar-refractivity contribution in [2.45, 2.75) is 19.3 Å². The first-order valence-corrected chi connectivity index (χ1v) is 11.2. The van der Waals surface area contributed by atoms with Crippen molar-refractivity contribution < 1.29 is 13.2 Å². The van der Waals surface area contributed by atoms with E-state index in [1.165, 1.54) is 10.6 Å². The number of amides is 1. The molecule has 0 unspecified atom stereocenters. The van der Waals surface area contributed by atoms with Crippen LogP contribution in [0.1, 0.15) is 18.5 Å². The second kappa shape index (κ2) is 8.24. The quantitative estimate of drug-likeness (QED) is 0.802. The molecule has 26 heavy (non-hydrogen) atoms. The summed E-state index contributed by atoms with van der Waals surface area (Å²) in [5.74, 6) is -0.116. The minimum absolute atomic E-state index is 0.000799. The molecule has 7 nitrogen and oxygen atoms in total. The molecule has 1 aliphatic heterocycles. The summed E-state index contributed by atoms with van der Waals surface area (Å²) in [6.07, 6.45) is 6.54. The molecule has 0 bridgehead atoms. The average molecular weight is 395 g/mol. The predicted molar refractivity (Wildman–Crippen MR) is 101 cm³/mol. The summed E-state index contributed by atoms with van der Waals surface area (Å²) >= 11 is 1.57. The number of thiazole rings is 1. The number of pyridine rings is 1. The van der Waals surface area contributed by atoms with Gasteiger partial charge in [0.1, 0.15) is 5.01 Å². The fourth-order valence-electron chi connectivity index (χ4n) is 2.95. The van der Waals surface area contributed by atoms with Gasteiger partial charge in [0, 0.05) is 55.3 Å². The van der Waals surface area contributed by atoms with E-state index in [1.807, 2.05) is 17.5 Å². The van der Waals surface area contributed by atoms with Gasteiger partial charge in [-0.25, -0.2) is 17.7 Å². The third-order valence-electron chi connectivity index (χ3n) is 4.43. The van der Waals surface area contributed by atoms with Crippen LogP contribution in [0.25, 0.3) is 10.6 Å². The number of carbonyl (C=O) groups excluding carboxylic acids is 1. The Bertz CT molecular complexity index is 844. The van der Waals surface area contributed by atoms with Crippen LogP contribution in [0.2, 0.25) is 0 Å². The van der Waals surface area contributed by atoms with Crippen molar-refractivity contribution in [3.63, 3.8) is 0 Å². The van der Waals surface area contributed by atoms with Gasteiger partial charge in [0.25, 0.3) is 0 Å². The van der Waals surface area contributed by atoms with Crippen LogP contribution < -0.4 is 5.32 Å². The van der Waals surface area contributed by atoms with E-state index in [0.717, 1.165) is 16.3 Å². The van der Waals surface area contributed by atoms with Crippen LogP contribution in [0.4, 0.5) is 0 Å². The first-order chi connectivity index (χ1) is 12.4. The van der Waals surface area contributed by atoms with Crippen LogP contribution in [-0.2, 0) is 21.2 Å². The Labute approximate surface area is 157 Å². The lowest BCUT2D eigenvalue weighted by molar-refractivity contribution is -0.126. The third kappa shape index (κ3) is 4.87. The Morgan fingerprint density at radius 2 is 2.15 bits per heavy atom. The number of hydrogen-bond acceptors (Lipinski definition) is 6. The van der Waals surface area contributed by atoms with Gasteiger partial charge in [-0.05, 0) is 25.0 Å². The molecule has 2 aromatic heterocycles. The molecule has 1 amide bonds. The highest BCUT2D eigenvalue weighted by Crippen LogP contribution is 2.23. The standard InChI is InChI=1S/C17H22N4O3S2/c1-26(23,24)21-9-5-13(6-10-21)16(22)19-8-4-15-12-25-17(20-15)14-3-2-7-18-11-14/h2-3,7,11-13H,4-6,8-10H2,1H3,(H,19,22). The van der Waals surface area contributed by atoms with Crippen LogP contribution in [0.5, 0.6) is 0 Å². The molecule has 1 aliphatic rings. The minimum Gasteiger partial charge on any atom is -0.355 e. The smallest absolute Gasteiger partial charge is 0.223 e. The number of nitrogens with one attached hydrogen (secondary N) is 1. The summed E-state index contributed by atoms with van der Waals surface area (Å²) in [6, 6.07) is 3.85. The Morgan fingerprint density at radius 3 is 2.81 bits per heavy atom.